The molecule has 0 bridgehead atoms. The first kappa shape index (κ1) is 29.1. The molecular weight excluding hydrogens is 442 g/mol. The third-order valence-electron chi connectivity index (χ3n) is 5.24. The minimum Gasteiger partial charge on any atom is -0.468 e. The Bertz CT molecular complexity index is 868. The highest BCUT2D eigenvalue weighted by atomic mass is 16.6. The minimum absolute atomic E-state index is 0.00472. The molecule has 0 aromatic heterocycles. The topological polar surface area (TPSA) is 131 Å². The van der Waals surface area contributed by atoms with E-state index in [0.29, 0.717) is 12.0 Å². The van der Waals surface area contributed by atoms with E-state index < -0.39 is 29.6 Å². The molecule has 0 heterocycles. The Kier molecular flexibility index (Phi) is 11.7. The van der Waals surface area contributed by atoms with E-state index in [-0.39, 0.29) is 49.1 Å². The molecule has 190 valence electrons. The van der Waals surface area contributed by atoms with Gasteiger partial charge in [0.2, 0.25) is 0 Å². The summed E-state index contributed by atoms with van der Waals surface area (Å²) in [5.41, 5.74) is 5.48. The van der Waals surface area contributed by atoms with Crippen LogP contribution in [0, 0.1) is 5.92 Å². The Morgan fingerprint density at radius 2 is 1.56 bits per heavy atom. The maximum absolute atomic E-state index is 12.6. The molecule has 0 aliphatic rings. The number of nitrogens with two attached hydrogens (primary N) is 1. The molecule has 0 amide bonds. The largest absolute Gasteiger partial charge is 0.468 e. The Balaban J connectivity index is 3.16. The molecule has 0 aliphatic heterocycles. The molecule has 3 atom stereocenters. The maximum Gasteiger partial charge on any atom is 0.326 e. The van der Waals surface area contributed by atoms with Crippen LogP contribution in [0.15, 0.2) is 18.2 Å². The normalized spacial score (nSPS) is 14.3. The quantitative estimate of drug-likeness (QED) is 0.333. The van der Waals surface area contributed by atoms with Gasteiger partial charge < -0.3 is 24.7 Å². The number of esters is 4. The third-order valence-corrected chi connectivity index (χ3v) is 5.24. The Labute approximate surface area is 201 Å². The highest BCUT2D eigenvalue weighted by molar-refractivity contribution is 5.81. The lowest BCUT2D eigenvalue weighted by Gasteiger charge is -2.30. The Morgan fingerprint density at radius 3 is 2.09 bits per heavy atom. The highest BCUT2D eigenvalue weighted by Gasteiger charge is 2.38. The number of rotatable bonds is 13. The van der Waals surface area contributed by atoms with Gasteiger partial charge in [0.25, 0.3) is 0 Å². The van der Waals surface area contributed by atoms with Crippen molar-refractivity contribution in [3.05, 3.63) is 23.8 Å². The summed E-state index contributed by atoms with van der Waals surface area (Å²) in [4.78, 5) is 48.5. The summed E-state index contributed by atoms with van der Waals surface area (Å²) in [6.07, 6.45) is 1.19. The number of carbonyl (C=O) groups is 4. The zero-order valence-electron chi connectivity index (χ0n) is 21.0. The summed E-state index contributed by atoms with van der Waals surface area (Å²) in [6, 6.07) is 4.59. The molecule has 9 nitrogen and oxygen atoms in total. The van der Waals surface area contributed by atoms with Crippen molar-refractivity contribution in [3.8, 4) is 11.5 Å². The second-order valence-electron chi connectivity index (χ2n) is 8.40. The molecule has 1 rings (SSSR count). The first-order valence-corrected chi connectivity index (χ1v) is 11.6. The first-order valence-electron chi connectivity index (χ1n) is 11.6. The summed E-state index contributed by atoms with van der Waals surface area (Å²) < 4.78 is 21.0. The molecule has 34 heavy (non-hydrogen) atoms. The van der Waals surface area contributed by atoms with E-state index >= 15 is 0 Å². The van der Waals surface area contributed by atoms with Gasteiger partial charge in [-0.3, -0.25) is 19.2 Å². The van der Waals surface area contributed by atoms with E-state index in [1.54, 1.807) is 33.8 Å². The van der Waals surface area contributed by atoms with Crippen molar-refractivity contribution in [1.82, 2.24) is 0 Å². The second kappa shape index (κ2) is 13.7. The minimum atomic E-state index is -1.52. The number of carbonyl (C=O) groups excluding carboxylic acids is 4. The highest BCUT2D eigenvalue weighted by Crippen LogP contribution is 2.31. The van der Waals surface area contributed by atoms with Gasteiger partial charge in [0.05, 0.1) is 13.0 Å². The van der Waals surface area contributed by atoms with Gasteiger partial charge in [-0.25, -0.2) is 0 Å². The van der Waals surface area contributed by atoms with Gasteiger partial charge in [-0.05, 0) is 31.0 Å². The van der Waals surface area contributed by atoms with Crippen LogP contribution in [-0.2, 0) is 35.1 Å². The molecule has 0 saturated heterocycles. The number of benzene rings is 1. The molecule has 0 aliphatic carbocycles. The van der Waals surface area contributed by atoms with Crippen LogP contribution >= 0.6 is 0 Å². The van der Waals surface area contributed by atoms with Gasteiger partial charge in [0.15, 0.2) is 11.5 Å². The molecule has 2 N–H and O–H groups in total. The van der Waals surface area contributed by atoms with Gasteiger partial charge >= 0.3 is 23.9 Å². The summed E-state index contributed by atoms with van der Waals surface area (Å²) in [7, 11) is 1.23. The third kappa shape index (κ3) is 8.78. The van der Waals surface area contributed by atoms with Crippen LogP contribution in [0.25, 0.3) is 0 Å². The Hall–Kier alpha value is -2.94. The van der Waals surface area contributed by atoms with Crippen molar-refractivity contribution in [2.24, 2.45) is 11.7 Å². The molecule has 0 spiro atoms. The van der Waals surface area contributed by atoms with E-state index in [4.69, 9.17) is 24.7 Å². The first-order chi connectivity index (χ1) is 16.0. The van der Waals surface area contributed by atoms with Crippen LogP contribution in [0.4, 0.5) is 0 Å². The lowest BCUT2D eigenvalue weighted by Crippen LogP contribution is -2.53. The zero-order valence-corrected chi connectivity index (χ0v) is 21.0. The fourth-order valence-corrected chi connectivity index (χ4v) is 3.43. The van der Waals surface area contributed by atoms with Crippen molar-refractivity contribution in [1.29, 1.82) is 0 Å². The average Bonchev–Trinajstić information content (AvgIpc) is 2.79. The number of methoxy groups -OCH3 is 1. The lowest BCUT2D eigenvalue weighted by atomic mass is 9.86. The monoisotopic (exact) mass is 479 g/mol. The van der Waals surface area contributed by atoms with Crippen molar-refractivity contribution >= 4 is 23.9 Å². The molecule has 1 aromatic rings. The number of hydrogen-bond acceptors (Lipinski definition) is 9. The predicted molar refractivity (Wildman–Crippen MR) is 125 cm³/mol. The van der Waals surface area contributed by atoms with Gasteiger partial charge in [-0.15, -0.1) is 0 Å². The van der Waals surface area contributed by atoms with Gasteiger partial charge in [-0.1, -0.05) is 40.2 Å². The van der Waals surface area contributed by atoms with Crippen LogP contribution in [0.2, 0.25) is 0 Å². The average molecular weight is 480 g/mol. The molecule has 1 aromatic carbocycles. The van der Waals surface area contributed by atoms with Gasteiger partial charge in [0, 0.05) is 25.7 Å². The standard InChI is InChI=1S/C25H37NO8/c1-7-10-16(4)23(29)32-17(5)14-25(26,24(30)31-6)15-18-11-12-19(33-21(27)8-2)20(13-18)34-22(28)9-3/h11-13,16-17H,7-10,14-15,26H2,1-6H3/t16?,17?,25-/m1/s1. The molecule has 2 unspecified atom stereocenters. The van der Waals surface area contributed by atoms with Crippen LogP contribution in [0.3, 0.4) is 0 Å². The summed E-state index contributed by atoms with van der Waals surface area (Å²) in [6.45, 7) is 8.72. The summed E-state index contributed by atoms with van der Waals surface area (Å²) >= 11 is 0. The van der Waals surface area contributed by atoms with Gasteiger partial charge in [-0.2, -0.15) is 0 Å². The SMILES string of the molecule is CCCC(C)C(=O)OC(C)C[C@@](N)(Cc1ccc(OC(=O)CC)c(OC(=O)CC)c1)C(=O)OC. The predicted octanol–water partition coefficient (Wildman–Crippen LogP) is 3.49. The van der Waals surface area contributed by atoms with Crippen LogP contribution in [0.5, 0.6) is 11.5 Å². The van der Waals surface area contributed by atoms with E-state index in [2.05, 4.69) is 0 Å². The molecule has 0 saturated carbocycles. The fourth-order valence-electron chi connectivity index (χ4n) is 3.43. The molecule has 0 radical (unpaired) electrons. The lowest BCUT2D eigenvalue weighted by molar-refractivity contribution is -0.157. The van der Waals surface area contributed by atoms with Crippen molar-refractivity contribution in [3.63, 3.8) is 0 Å². The van der Waals surface area contributed by atoms with Crippen molar-refractivity contribution in [2.75, 3.05) is 7.11 Å². The molecular formula is C25H37NO8. The zero-order chi connectivity index (χ0) is 25.9. The maximum atomic E-state index is 12.6. The molecule has 9 heteroatoms. The smallest absolute Gasteiger partial charge is 0.326 e. The van der Waals surface area contributed by atoms with E-state index in [9.17, 15) is 19.2 Å². The second-order valence-corrected chi connectivity index (χ2v) is 8.40. The van der Waals surface area contributed by atoms with E-state index in [1.165, 1.54) is 19.2 Å². The van der Waals surface area contributed by atoms with Crippen LogP contribution in [-0.4, -0.2) is 42.6 Å². The van der Waals surface area contributed by atoms with Gasteiger partial charge in [0.1, 0.15) is 11.6 Å². The van der Waals surface area contributed by atoms with Crippen molar-refractivity contribution < 1.29 is 38.1 Å². The van der Waals surface area contributed by atoms with Crippen molar-refractivity contribution in [2.45, 2.75) is 84.8 Å². The van der Waals surface area contributed by atoms with Crippen LogP contribution in [0.1, 0.15) is 72.3 Å². The van der Waals surface area contributed by atoms with Crippen LogP contribution < -0.4 is 15.2 Å². The van der Waals surface area contributed by atoms with E-state index in [0.717, 1.165) is 6.42 Å². The number of hydrogen-bond donors (Lipinski definition) is 1. The molecule has 0 fully saturated rings. The fraction of sp³-hybridized carbons (Fsp3) is 0.600. The summed E-state index contributed by atoms with van der Waals surface area (Å²) in [5.74, 6) is -2.15. The Morgan fingerprint density at radius 1 is 0.971 bits per heavy atom. The summed E-state index contributed by atoms with van der Waals surface area (Å²) in [5, 5.41) is 0. The van der Waals surface area contributed by atoms with E-state index in [1.807, 2.05) is 6.92 Å². The number of ether oxygens (including phenoxy) is 4.